The lowest BCUT2D eigenvalue weighted by atomic mass is 9.94. The molecule has 1 unspecified atom stereocenters. The fourth-order valence-electron chi connectivity index (χ4n) is 4.14. The van der Waals surface area contributed by atoms with Gasteiger partial charge in [-0.2, -0.15) is 0 Å². The van der Waals surface area contributed by atoms with E-state index in [0.717, 1.165) is 18.7 Å². The molecule has 1 aliphatic rings. The van der Waals surface area contributed by atoms with Crippen molar-refractivity contribution in [3.8, 4) is 11.5 Å². The van der Waals surface area contributed by atoms with Crippen molar-refractivity contribution in [2.75, 3.05) is 40.4 Å². The second-order valence-corrected chi connectivity index (χ2v) is 8.00. The maximum Gasteiger partial charge on any atom is 0.295 e. The number of hydrogen-bond donors (Lipinski definition) is 1. The zero-order valence-corrected chi connectivity index (χ0v) is 19.9. The first-order valence-electron chi connectivity index (χ1n) is 11.2. The number of aryl methyl sites for hydroxylation is 1. The summed E-state index contributed by atoms with van der Waals surface area (Å²) in [5.74, 6) is -0.457. The van der Waals surface area contributed by atoms with Gasteiger partial charge in [0.25, 0.3) is 11.7 Å². The molecule has 33 heavy (non-hydrogen) atoms. The highest BCUT2D eigenvalue weighted by Gasteiger charge is 2.46. The SMILES string of the molecule is CCN(CC)CCN1C(=O)C(=O)/C(=C(\O)c2ccc(C)cc2)C1c1ccc(OC)c(OC)c1. The summed E-state index contributed by atoms with van der Waals surface area (Å²) in [5, 5.41) is 11.2. The predicted molar refractivity (Wildman–Crippen MR) is 128 cm³/mol. The molecule has 2 aromatic carbocycles. The van der Waals surface area contributed by atoms with Crippen molar-refractivity contribution in [3.05, 3.63) is 64.7 Å². The average Bonchev–Trinajstić information content (AvgIpc) is 3.09. The third-order valence-electron chi connectivity index (χ3n) is 6.14. The topological polar surface area (TPSA) is 79.3 Å². The Morgan fingerprint density at radius 1 is 1.00 bits per heavy atom. The zero-order valence-electron chi connectivity index (χ0n) is 19.9. The number of Topliss-reactive ketones (excluding diaryl/α,β-unsaturated/α-hetero) is 1. The summed E-state index contributed by atoms with van der Waals surface area (Å²) < 4.78 is 10.8. The molecule has 1 amide bonds. The molecule has 0 spiro atoms. The molecule has 7 nitrogen and oxygen atoms in total. The second kappa shape index (κ2) is 10.5. The molecule has 0 saturated carbocycles. The fourth-order valence-corrected chi connectivity index (χ4v) is 4.14. The van der Waals surface area contributed by atoms with Crippen LogP contribution in [0.15, 0.2) is 48.0 Å². The molecule has 1 saturated heterocycles. The van der Waals surface area contributed by atoms with Crippen LogP contribution in [0, 0.1) is 6.92 Å². The number of aliphatic hydroxyl groups excluding tert-OH is 1. The highest BCUT2D eigenvalue weighted by molar-refractivity contribution is 6.46. The van der Waals surface area contributed by atoms with Crippen molar-refractivity contribution in [2.24, 2.45) is 0 Å². The molecular weight excluding hydrogens is 420 g/mol. The number of carbonyl (C=O) groups excluding carboxylic acids is 2. The maximum absolute atomic E-state index is 13.2. The molecule has 0 radical (unpaired) electrons. The summed E-state index contributed by atoms with van der Waals surface area (Å²) in [6, 6.07) is 11.8. The van der Waals surface area contributed by atoms with Gasteiger partial charge in [-0.15, -0.1) is 0 Å². The number of methoxy groups -OCH3 is 2. The molecule has 176 valence electrons. The highest BCUT2D eigenvalue weighted by atomic mass is 16.5. The van der Waals surface area contributed by atoms with E-state index in [1.807, 2.05) is 19.1 Å². The van der Waals surface area contributed by atoms with Gasteiger partial charge in [0, 0.05) is 18.7 Å². The minimum absolute atomic E-state index is 0.0793. The smallest absolute Gasteiger partial charge is 0.295 e. The summed E-state index contributed by atoms with van der Waals surface area (Å²) in [5.41, 5.74) is 2.27. The molecular formula is C26H32N2O5. The molecule has 1 atom stereocenters. The second-order valence-electron chi connectivity index (χ2n) is 8.00. The van der Waals surface area contributed by atoms with Crippen molar-refractivity contribution in [3.63, 3.8) is 0 Å². The summed E-state index contributed by atoms with van der Waals surface area (Å²) in [4.78, 5) is 30.0. The first kappa shape index (κ1) is 24.3. The Bertz CT molecular complexity index is 1040. The standard InChI is InChI=1S/C26H32N2O5/c1-6-27(7-2)14-15-28-23(19-12-13-20(32-4)21(16-19)33-5)22(25(30)26(28)31)24(29)18-10-8-17(3)9-11-18/h8-13,16,23,29H,6-7,14-15H2,1-5H3/b24-22-. The van der Waals surface area contributed by atoms with Crippen molar-refractivity contribution >= 4 is 17.4 Å². The molecule has 1 aliphatic heterocycles. The maximum atomic E-state index is 13.2. The van der Waals surface area contributed by atoms with Crippen molar-refractivity contribution in [1.29, 1.82) is 0 Å². The Hall–Kier alpha value is -3.32. The first-order valence-corrected chi connectivity index (χ1v) is 11.2. The predicted octanol–water partition coefficient (Wildman–Crippen LogP) is 3.78. The molecule has 1 N–H and O–H groups in total. The van der Waals surface area contributed by atoms with E-state index in [9.17, 15) is 14.7 Å². The zero-order chi connectivity index (χ0) is 24.1. The van der Waals surface area contributed by atoms with Gasteiger partial charge in [0.2, 0.25) is 0 Å². The third kappa shape index (κ3) is 4.88. The summed E-state index contributed by atoms with van der Waals surface area (Å²) >= 11 is 0. The lowest BCUT2D eigenvalue weighted by molar-refractivity contribution is -0.140. The Kier molecular flexibility index (Phi) is 7.76. The normalized spacial score (nSPS) is 17.6. The first-order chi connectivity index (χ1) is 15.9. The average molecular weight is 453 g/mol. The number of likely N-dealkylation sites (N-methyl/N-ethyl adjacent to an activating group) is 1. The number of amides is 1. The van der Waals surface area contributed by atoms with E-state index in [0.29, 0.717) is 35.7 Å². The lowest BCUT2D eigenvalue weighted by Crippen LogP contribution is -2.38. The van der Waals surface area contributed by atoms with Crippen LogP contribution in [0.3, 0.4) is 0 Å². The van der Waals surface area contributed by atoms with E-state index in [1.54, 1.807) is 42.3 Å². The Balaban J connectivity index is 2.14. The molecule has 0 aliphatic carbocycles. The van der Waals surface area contributed by atoms with Crippen LogP contribution in [-0.4, -0.2) is 67.0 Å². The summed E-state index contributed by atoms with van der Waals surface area (Å²) in [6.45, 7) is 8.71. The number of benzene rings is 2. The molecule has 3 rings (SSSR count). The quantitative estimate of drug-likeness (QED) is 0.354. The van der Waals surface area contributed by atoms with Crippen LogP contribution in [0.25, 0.3) is 5.76 Å². The molecule has 2 aromatic rings. The van der Waals surface area contributed by atoms with Gasteiger partial charge in [-0.1, -0.05) is 49.7 Å². The van der Waals surface area contributed by atoms with E-state index in [2.05, 4.69) is 18.7 Å². The lowest BCUT2D eigenvalue weighted by Gasteiger charge is -2.28. The van der Waals surface area contributed by atoms with E-state index >= 15 is 0 Å². The third-order valence-corrected chi connectivity index (χ3v) is 6.14. The van der Waals surface area contributed by atoms with Crippen LogP contribution in [0.2, 0.25) is 0 Å². The Labute approximate surface area is 195 Å². The number of ether oxygens (including phenoxy) is 2. The van der Waals surface area contributed by atoms with Gasteiger partial charge in [0.15, 0.2) is 11.5 Å². The number of ketones is 1. The van der Waals surface area contributed by atoms with Gasteiger partial charge in [-0.25, -0.2) is 0 Å². The number of hydrogen-bond acceptors (Lipinski definition) is 6. The molecule has 0 aromatic heterocycles. The minimum Gasteiger partial charge on any atom is -0.507 e. The van der Waals surface area contributed by atoms with Crippen LogP contribution in [0.1, 0.15) is 36.6 Å². The van der Waals surface area contributed by atoms with Crippen LogP contribution in [0.4, 0.5) is 0 Å². The van der Waals surface area contributed by atoms with Crippen LogP contribution >= 0.6 is 0 Å². The molecule has 1 fully saturated rings. The van der Waals surface area contributed by atoms with Crippen molar-refractivity contribution in [2.45, 2.75) is 26.8 Å². The number of likely N-dealkylation sites (tertiary alicyclic amines) is 1. The van der Waals surface area contributed by atoms with Crippen LogP contribution in [0.5, 0.6) is 11.5 Å². The van der Waals surface area contributed by atoms with Crippen LogP contribution < -0.4 is 9.47 Å². The number of carbonyl (C=O) groups is 2. The number of nitrogens with zero attached hydrogens (tertiary/aromatic N) is 2. The van der Waals surface area contributed by atoms with E-state index < -0.39 is 17.7 Å². The van der Waals surface area contributed by atoms with Crippen molar-refractivity contribution < 1.29 is 24.2 Å². The van der Waals surface area contributed by atoms with Gasteiger partial charge in [-0.3, -0.25) is 9.59 Å². The van der Waals surface area contributed by atoms with Gasteiger partial charge in [0.05, 0.1) is 25.8 Å². The van der Waals surface area contributed by atoms with Gasteiger partial charge < -0.3 is 24.4 Å². The van der Waals surface area contributed by atoms with Gasteiger partial charge in [0.1, 0.15) is 5.76 Å². The Morgan fingerprint density at radius 2 is 1.64 bits per heavy atom. The highest BCUT2D eigenvalue weighted by Crippen LogP contribution is 2.41. The molecule has 7 heteroatoms. The monoisotopic (exact) mass is 452 g/mol. The van der Waals surface area contributed by atoms with E-state index in [-0.39, 0.29) is 11.3 Å². The van der Waals surface area contributed by atoms with Crippen LogP contribution in [-0.2, 0) is 9.59 Å². The summed E-state index contributed by atoms with van der Waals surface area (Å²) in [7, 11) is 3.08. The molecule has 0 bridgehead atoms. The van der Waals surface area contributed by atoms with Gasteiger partial charge >= 0.3 is 0 Å². The van der Waals surface area contributed by atoms with E-state index in [1.165, 1.54) is 7.11 Å². The number of aliphatic hydroxyl groups is 1. The van der Waals surface area contributed by atoms with Gasteiger partial charge in [-0.05, 0) is 37.7 Å². The largest absolute Gasteiger partial charge is 0.507 e. The molecule has 1 heterocycles. The summed E-state index contributed by atoms with van der Waals surface area (Å²) in [6.07, 6.45) is 0. The number of rotatable bonds is 9. The fraction of sp³-hybridized carbons (Fsp3) is 0.385. The Morgan fingerprint density at radius 3 is 2.21 bits per heavy atom. The van der Waals surface area contributed by atoms with E-state index in [4.69, 9.17) is 9.47 Å². The van der Waals surface area contributed by atoms with Crippen molar-refractivity contribution in [1.82, 2.24) is 9.80 Å². The minimum atomic E-state index is -0.735.